The summed E-state index contributed by atoms with van der Waals surface area (Å²) >= 11 is 0. The van der Waals surface area contributed by atoms with Gasteiger partial charge < -0.3 is 9.47 Å². The van der Waals surface area contributed by atoms with Crippen molar-refractivity contribution in [2.45, 2.75) is 19.8 Å². The van der Waals surface area contributed by atoms with E-state index in [1.54, 1.807) is 0 Å². The molecule has 0 unspecified atom stereocenters. The first-order valence-electron chi connectivity index (χ1n) is 5.33. The molecular formula is C13H16O4. The molecule has 0 fully saturated rings. The van der Waals surface area contributed by atoms with E-state index in [0.29, 0.717) is 12.0 Å². The van der Waals surface area contributed by atoms with Crippen molar-refractivity contribution < 1.29 is 19.1 Å². The maximum atomic E-state index is 11.6. The third kappa shape index (κ3) is 3.31. The third-order valence-electron chi connectivity index (χ3n) is 2.57. The summed E-state index contributed by atoms with van der Waals surface area (Å²) < 4.78 is 9.31. The Kier molecular flexibility index (Phi) is 4.69. The molecule has 0 bridgehead atoms. The van der Waals surface area contributed by atoms with Crippen LogP contribution in [0.25, 0.3) is 0 Å². The van der Waals surface area contributed by atoms with E-state index >= 15 is 0 Å². The molecule has 0 heterocycles. The van der Waals surface area contributed by atoms with Gasteiger partial charge in [0, 0.05) is 6.42 Å². The summed E-state index contributed by atoms with van der Waals surface area (Å²) in [5.41, 5.74) is 2.19. The Labute approximate surface area is 101 Å². The maximum absolute atomic E-state index is 11.6. The SMILES string of the molecule is COC(=O)CCc1cccc(C)c1C(=O)OC. The van der Waals surface area contributed by atoms with Crippen molar-refractivity contribution >= 4 is 11.9 Å². The second kappa shape index (κ2) is 6.03. The van der Waals surface area contributed by atoms with Gasteiger partial charge in [0.25, 0.3) is 0 Å². The molecule has 0 aliphatic rings. The van der Waals surface area contributed by atoms with Gasteiger partial charge in [0.1, 0.15) is 0 Å². The second-order valence-corrected chi connectivity index (χ2v) is 3.68. The molecule has 0 atom stereocenters. The molecule has 0 saturated carbocycles. The largest absolute Gasteiger partial charge is 0.469 e. The van der Waals surface area contributed by atoms with Gasteiger partial charge in [-0.05, 0) is 24.5 Å². The number of ether oxygens (including phenoxy) is 2. The lowest BCUT2D eigenvalue weighted by Crippen LogP contribution is -2.10. The normalized spacial score (nSPS) is 9.82. The predicted molar refractivity (Wildman–Crippen MR) is 62.9 cm³/mol. The van der Waals surface area contributed by atoms with E-state index in [1.165, 1.54) is 14.2 Å². The third-order valence-corrected chi connectivity index (χ3v) is 2.57. The van der Waals surface area contributed by atoms with Crippen molar-refractivity contribution in [2.24, 2.45) is 0 Å². The van der Waals surface area contributed by atoms with Crippen molar-refractivity contribution in [3.05, 3.63) is 34.9 Å². The molecule has 4 nitrogen and oxygen atoms in total. The van der Waals surface area contributed by atoms with Gasteiger partial charge in [-0.15, -0.1) is 0 Å². The van der Waals surface area contributed by atoms with E-state index in [1.807, 2.05) is 25.1 Å². The quantitative estimate of drug-likeness (QED) is 0.749. The molecule has 4 heteroatoms. The molecule has 0 aromatic heterocycles. The number of rotatable bonds is 4. The van der Waals surface area contributed by atoms with Crippen LogP contribution in [-0.2, 0) is 20.7 Å². The van der Waals surface area contributed by atoms with E-state index in [4.69, 9.17) is 4.74 Å². The number of hydrogen-bond donors (Lipinski definition) is 0. The highest BCUT2D eigenvalue weighted by Crippen LogP contribution is 2.17. The monoisotopic (exact) mass is 236 g/mol. The number of methoxy groups -OCH3 is 2. The zero-order valence-electron chi connectivity index (χ0n) is 10.3. The lowest BCUT2D eigenvalue weighted by atomic mass is 9.98. The Morgan fingerprint density at radius 1 is 1.18 bits per heavy atom. The first kappa shape index (κ1) is 13.2. The number of carbonyl (C=O) groups is 2. The van der Waals surface area contributed by atoms with Crippen LogP contribution in [0.3, 0.4) is 0 Å². The van der Waals surface area contributed by atoms with Crippen LogP contribution >= 0.6 is 0 Å². The fourth-order valence-corrected chi connectivity index (χ4v) is 1.67. The molecule has 0 amide bonds. The number of carbonyl (C=O) groups excluding carboxylic acids is 2. The number of aryl methyl sites for hydroxylation is 2. The van der Waals surface area contributed by atoms with Gasteiger partial charge in [-0.2, -0.15) is 0 Å². The first-order chi connectivity index (χ1) is 8.10. The average molecular weight is 236 g/mol. The van der Waals surface area contributed by atoms with Crippen LogP contribution in [0.2, 0.25) is 0 Å². The zero-order chi connectivity index (χ0) is 12.8. The van der Waals surface area contributed by atoms with Crippen molar-refractivity contribution in [1.82, 2.24) is 0 Å². The van der Waals surface area contributed by atoms with E-state index in [9.17, 15) is 9.59 Å². The van der Waals surface area contributed by atoms with Crippen LogP contribution in [0.1, 0.15) is 27.9 Å². The van der Waals surface area contributed by atoms with Crippen LogP contribution in [0.15, 0.2) is 18.2 Å². The minimum Gasteiger partial charge on any atom is -0.469 e. The molecule has 17 heavy (non-hydrogen) atoms. The molecule has 1 aromatic carbocycles. The number of esters is 2. The fraction of sp³-hybridized carbons (Fsp3) is 0.385. The highest BCUT2D eigenvalue weighted by Gasteiger charge is 2.15. The zero-order valence-corrected chi connectivity index (χ0v) is 10.3. The summed E-state index contributed by atoms with van der Waals surface area (Å²) in [7, 11) is 2.69. The van der Waals surface area contributed by atoms with E-state index < -0.39 is 0 Å². The van der Waals surface area contributed by atoms with Gasteiger partial charge in [-0.25, -0.2) is 4.79 Å². The Hall–Kier alpha value is -1.84. The summed E-state index contributed by atoms with van der Waals surface area (Å²) in [6.07, 6.45) is 0.725. The number of benzene rings is 1. The second-order valence-electron chi connectivity index (χ2n) is 3.68. The van der Waals surface area contributed by atoms with Gasteiger partial charge in [-0.1, -0.05) is 18.2 Å². The summed E-state index contributed by atoms with van der Waals surface area (Å²) in [6.45, 7) is 1.84. The number of hydrogen-bond acceptors (Lipinski definition) is 4. The minimum atomic E-state index is -0.372. The lowest BCUT2D eigenvalue weighted by molar-refractivity contribution is -0.140. The Balaban J connectivity index is 2.94. The average Bonchev–Trinajstić information content (AvgIpc) is 2.35. The molecular weight excluding hydrogens is 220 g/mol. The first-order valence-corrected chi connectivity index (χ1v) is 5.33. The molecule has 0 aliphatic carbocycles. The van der Waals surface area contributed by atoms with E-state index in [0.717, 1.165) is 11.1 Å². The lowest BCUT2D eigenvalue weighted by Gasteiger charge is -2.10. The molecule has 0 radical (unpaired) electrons. The topological polar surface area (TPSA) is 52.6 Å². The summed E-state index contributed by atoms with van der Waals surface area (Å²) in [5, 5.41) is 0. The Bertz CT molecular complexity index is 423. The molecule has 0 spiro atoms. The summed E-state index contributed by atoms with van der Waals surface area (Å²) in [4.78, 5) is 22.7. The van der Waals surface area contributed by atoms with Gasteiger partial charge in [0.2, 0.25) is 0 Å². The van der Waals surface area contributed by atoms with Gasteiger partial charge in [-0.3, -0.25) is 4.79 Å². The predicted octanol–water partition coefficient (Wildman–Crippen LogP) is 1.89. The van der Waals surface area contributed by atoms with Gasteiger partial charge in [0.15, 0.2) is 0 Å². The summed E-state index contributed by atoms with van der Waals surface area (Å²) in [5.74, 6) is -0.662. The van der Waals surface area contributed by atoms with Crippen molar-refractivity contribution in [2.75, 3.05) is 14.2 Å². The highest BCUT2D eigenvalue weighted by molar-refractivity contribution is 5.92. The van der Waals surface area contributed by atoms with Crippen LogP contribution in [0, 0.1) is 6.92 Å². The smallest absolute Gasteiger partial charge is 0.338 e. The van der Waals surface area contributed by atoms with Crippen LogP contribution < -0.4 is 0 Å². The van der Waals surface area contributed by atoms with Gasteiger partial charge in [0.05, 0.1) is 19.8 Å². The summed E-state index contributed by atoms with van der Waals surface area (Å²) in [6, 6.07) is 5.52. The standard InChI is InChI=1S/C13H16O4/c1-9-5-4-6-10(7-8-11(14)16-2)12(9)13(15)17-3/h4-6H,7-8H2,1-3H3. The van der Waals surface area contributed by atoms with Crippen molar-refractivity contribution in [3.8, 4) is 0 Å². The molecule has 0 aliphatic heterocycles. The molecule has 0 N–H and O–H groups in total. The molecule has 92 valence electrons. The molecule has 1 aromatic rings. The highest BCUT2D eigenvalue weighted by atomic mass is 16.5. The van der Waals surface area contributed by atoms with E-state index in [-0.39, 0.29) is 18.4 Å². The maximum Gasteiger partial charge on any atom is 0.338 e. The van der Waals surface area contributed by atoms with E-state index in [2.05, 4.69) is 4.74 Å². The van der Waals surface area contributed by atoms with Crippen molar-refractivity contribution in [1.29, 1.82) is 0 Å². The molecule has 0 saturated heterocycles. The minimum absolute atomic E-state index is 0.254. The Morgan fingerprint density at radius 2 is 1.88 bits per heavy atom. The molecule has 1 rings (SSSR count). The van der Waals surface area contributed by atoms with Crippen LogP contribution in [-0.4, -0.2) is 26.2 Å². The van der Waals surface area contributed by atoms with Crippen LogP contribution in [0.4, 0.5) is 0 Å². The van der Waals surface area contributed by atoms with Gasteiger partial charge >= 0.3 is 11.9 Å². The van der Waals surface area contributed by atoms with Crippen LogP contribution in [0.5, 0.6) is 0 Å². The van der Waals surface area contributed by atoms with Crippen molar-refractivity contribution in [3.63, 3.8) is 0 Å². The fourth-order valence-electron chi connectivity index (χ4n) is 1.67. The Morgan fingerprint density at radius 3 is 2.47 bits per heavy atom.